The van der Waals surface area contributed by atoms with Crippen LogP contribution in [0, 0.1) is 12.3 Å². The van der Waals surface area contributed by atoms with Gasteiger partial charge in [0.15, 0.2) is 5.75 Å². The molecule has 0 saturated carbocycles. The smallest absolute Gasteiger partial charge is 0.408 e. The number of aryl methyl sites for hydroxylation is 1. The molecular formula is C28H33F3N2O5S. The van der Waals surface area contributed by atoms with Crippen LogP contribution in [0.1, 0.15) is 52.8 Å². The van der Waals surface area contributed by atoms with Crippen LogP contribution in [0.25, 0.3) is 22.0 Å². The second-order valence-corrected chi connectivity index (χ2v) is 13.2. The number of aromatic nitrogens is 1. The first kappa shape index (κ1) is 30.2. The molecule has 0 atom stereocenters. The van der Waals surface area contributed by atoms with Crippen molar-refractivity contribution >= 4 is 27.1 Å². The van der Waals surface area contributed by atoms with E-state index >= 15 is 0 Å². The van der Waals surface area contributed by atoms with Gasteiger partial charge in [0, 0.05) is 23.5 Å². The van der Waals surface area contributed by atoms with Crippen molar-refractivity contribution in [1.82, 2.24) is 9.88 Å². The first-order valence-corrected chi connectivity index (χ1v) is 13.6. The highest BCUT2D eigenvalue weighted by atomic mass is 32.2. The highest BCUT2D eigenvalue weighted by Crippen LogP contribution is 2.42. The maximum atomic E-state index is 13.3. The number of ether oxygens (including phenoxy) is 1. The fourth-order valence-electron chi connectivity index (χ4n) is 3.67. The van der Waals surface area contributed by atoms with E-state index in [9.17, 15) is 26.4 Å². The topological polar surface area (TPSA) is 85.8 Å². The Hall–Kier alpha value is -3.34. The number of hydrogen-bond donors (Lipinski definition) is 0. The van der Waals surface area contributed by atoms with E-state index < -0.39 is 33.0 Å². The summed E-state index contributed by atoms with van der Waals surface area (Å²) in [6.07, 6.45) is -0.246. The summed E-state index contributed by atoms with van der Waals surface area (Å²) in [6.45, 7) is 13.4. The number of benzene rings is 2. The number of alkyl halides is 3. The molecule has 0 radical (unpaired) electrons. The molecule has 0 aliphatic rings. The van der Waals surface area contributed by atoms with E-state index in [0.29, 0.717) is 28.8 Å². The number of fused-ring (bicyclic) bond motifs is 1. The Morgan fingerprint density at radius 2 is 1.56 bits per heavy atom. The molecule has 39 heavy (non-hydrogen) atoms. The molecule has 1 amide bonds. The summed E-state index contributed by atoms with van der Waals surface area (Å²) >= 11 is 0. The van der Waals surface area contributed by atoms with Gasteiger partial charge in [-0.1, -0.05) is 50.6 Å². The lowest BCUT2D eigenvalue weighted by atomic mass is 9.88. The van der Waals surface area contributed by atoms with Gasteiger partial charge in [-0.3, -0.25) is 0 Å². The fourth-order valence-corrected chi connectivity index (χ4v) is 4.12. The third kappa shape index (κ3) is 7.00. The summed E-state index contributed by atoms with van der Waals surface area (Å²) < 4.78 is 72.8. The van der Waals surface area contributed by atoms with Gasteiger partial charge in [0.1, 0.15) is 5.75 Å². The second kappa shape index (κ2) is 10.3. The summed E-state index contributed by atoms with van der Waals surface area (Å²) in [5.74, 6) is -0.416. The Kier molecular flexibility index (Phi) is 8.00. The number of rotatable bonds is 5. The quantitative estimate of drug-likeness (QED) is 0.239. The molecule has 0 saturated heterocycles. The monoisotopic (exact) mass is 566 g/mol. The molecule has 11 heteroatoms. The number of hydrogen-bond acceptors (Lipinski definition) is 6. The van der Waals surface area contributed by atoms with Gasteiger partial charge in [0.25, 0.3) is 0 Å². The van der Waals surface area contributed by atoms with E-state index in [2.05, 4.69) is 4.18 Å². The number of carbonyl (C=O) groups is 1. The molecule has 3 aromatic rings. The lowest BCUT2D eigenvalue weighted by molar-refractivity contribution is -0.0500. The zero-order valence-electron chi connectivity index (χ0n) is 23.2. The normalized spacial score (nSPS) is 12.9. The zero-order valence-corrected chi connectivity index (χ0v) is 24.0. The minimum absolute atomic E-state index is 0.137. The van der Waals surface area contributed by atoms with Crippen LogP contribution in [0.15, 0.2) is 42.5 Å². The maximum Gasteiger partial charge on any atom is 0.534 e. The number of nitrogens with zero attached hydrogens (tertiary/aromatic N) is 2. The van der Waals surface area contributed by atoms with Crippen molar-refractivity contribution in [1.29, 1.82) is 0 Å². The summed E-state index contributed by atoms with van der Waals surface area (Å²) in [5.41, 5.74) is -3.67. The maximum absolute atomic E-state index is 13.3. The van der Waals surface area contributed by atoms with E-state index in [1.165, 1.54) is 11.0 Å². The van der Waals surface area contributed by atoms with Gasteiger partial charge in [-0.2, -0.15) is 21.6 Å². The molecule has 0 N–H and O–H groups in total. The third-order valence-corrected chi connectivity index (χ3v) is 6.96. The Morgan fingerprint density at radius 3 is 2.08 bits per heavy atom. The van der Waals surface area contributed by atoms with Gasteiger partial charge in [-0.05, 0) is 63.3 Å². The van der Waals surface area contributed by atoms with Crippen LogP contribution < -0.4 is 8.92 Å². The van der Waals surface area contributed by atoms with Crippen LogP contribution in [0.5, 0.6) is 11.5 Å². The average Bonchev–Trinajstić information content (AvgIpc) is 2.77. The van der Waals surface area contributed by atoms with E-state index in [4.69, 9.17) is 9.72 Å². The van der Waals surface area contributed by atoms with Gasteiger partial charge in [0.2, 0.25) is 0 Å². The molecule has 2 aromatic carbocycles. The minimum Gasteiger partial charge on any atom is -0.408 e. The summed E-state index contributed by atoms with van der Waals surface area (Å²) in [6, 6.07) is 10.9. The van der Waals surface area contributed by atoms with Gasteiger partial charge < -0.3 is 13.8 Å². The van der Waals surface area contributed by atoms with E-state index in [1.54, 1.807) is 19.2 Å². The molecular weight excluding hydrogens is 533 g/mol. The second-order valence-electron chi connectivity index (χ2n) is 11.6. The molecule has 7 nitrogen and oxygen atoms in total. The van der Waals surface area contributed by atoms with Crippen LogP contribution in [-0.2, 0) is 16.5 Å². The Labute approximate surface area is 227 Å². The number of pyridine rings is 1. The molecule has 1 heterocycles. The molecule has 0 unspecified atom stereocenters. The van der Waals surface area contributed by atoms with Gasteiger partial charge in [0.05, 0.1) is 11.2 Å². The Morgan fingerprint density at radius 1 is 0.974 bits per heavy atom. The van der Waals surface area contributed by atoms with Crippen LogP contribution in [0.4, 0.5) is 18.0 Å². The zero-order chi connectivity index (χ0) is 29.6. The lowest BCUT2D eigenvalue weighted by Crippen LogP contribution is -2.44. The molecule has 1 aromatic heterocycles. The molecule has 0 aliphatic carbocycles. The van der Waals surface area contributed by atoms with E-state index in [-0.39, 0.29) is 16.6 Å². The molecule has 0 fully saturated rings. The summed E-state index contributed by atoms with van der Waals surface area (Å²) in [4.78, 5) is 19.4. The first-order valence-electron chi connectivity index (χ1n) is 12.2. The predicted molar refractivity (Wildman–Crippen MR) is 144 cm³/mol. The van der Waals surface area contributed by atoms with Gasteiger partial charge in [-0.15, -0.1) is 0 Å². The van der Waals surface area contributed by atoms with Crippen LogP contribution in [0.3, 0.4) is 0 Å². The van der Waals surface area contributed by atoms with E-state index in [0.717, 1.165) is 17.7 Å². The predicted octanol–water partition coefficient (Wildman–Crippen LogP) is 7.26. The highest BCUT2D eigenvalue weighted by molar-refractivity contribution is 7.88. The molecule has 212 valence electrons. The number of carbonyl (C=O) groups excluding carboxylic acids is 1. The van der Waals surface area contributed by atoms with E-state index in [1.807, 2.05) is 60.6 Å². The Bertz CT molecular complexity index is 1490. The highest BCUT2D eigenvalue weighted by Gasteiger charge is 2.48. The fraction of sp³-hybridized carbons (Fsp3) is 0.429. The first-order chi connectivity index (χ1) is 17.7. The van der Waals surface area contributed by atoms with Crippen LogP contribution in [-0.4, -0.2) is 42.5 Å². The van der Waals surface area contributed by atoms with Crippen molar-refractivity contribution in [3.8, 4) is 22.6 Å². The Balaban J connectivity index is 2.37. The molecule has 3 rings (SSSR count). The standard InChI is InChI=1S/C28H33F3N2O5S/c1-17-9-11-18(12-10-17)23-20-15-19(38-39(35,36)28(29,30)31)13-14-21(20)32-22(16-26(2,3)4)24(23)37-25(34)33(8)27(5,6)7/h9-15H,16H2,1-8H3. The van der Waals surface area contributed by atoms with Crippen molar-refractivity contribution in [2.45, 2.75) is 65.9 Å². The average molecular weight is 567 g/mol. The summed E-state index contributed by atoms with van der Waals surface area (Å²) in [7, 11) is -4.31. The van der Waals surface area contributed by atoms with Crippen molar-refractivity contribution in [3.63, 3.8) is 0 Å². The minimum atomic E-state index is -5.90. The molecule has 0 aliphatic heterocycles. The van der Waals surface area contributed by atoms with Gasteiger partial charge >= 0.3 is 21.7 Å². The van der Waals surface area contributed by atoms with Crippen LogP contribution >= 0.6 is 0 Å². The van der Waals surface area contributed by atoms with Crippen molar-refractivity contribution in [3.05, 3.63) is 53.7 Å². The van der Waals surface area contributed by atoms with Gasteiger partial charge in [-0.25, -0.2) is 9.78 Å². The van der Waals surface area contributed by atoms with Crippen molar-refractivity contribution < 1.29 is 35.3 Å². The van der Waals surface area contributed by atoms with Crippen molar-refractivity contribution in [2.24, 2.45) is 5.41 Å². The summed E-state index contributed by atoms with van der Waals surface area (Å²) in [5, 5.41) is 0.257. The lowest BCUT2D eigenvalue weighted by Gasteiger charge is -2.31. The SMILES string of the molecule is Cc1ccc(-c2c(OC(=O)N(C)C(C)(C)C)c(CC(C)(C)C)nc3ccc(OS(=O)(=O)C(F)(F)F)cc23)cc1. The van der Waals surface area contributed by atoms with Crippen LogP contribution in [0.2, 0.25) is 0 Å². The third-order valence-electron chi connectivity index (χ3n) is 5.98. The molecule has 0 spiro atoms. The molecule has 0 bridgehead atoms. The largest absolute Gasteiger partial charge is 0.534 e. The number of amides is 1. The number of halogens is 3. The van der Waals surface area contributed by atoms with Crippen molar-refractivity contribution in [2.75, 3.05) is 7.05 Å².